The number of likely N-dealkylation sites (N-methyl/N-ethyl adjacent to an activating group) is 1. The van der Waals surface area contributed by atoms with E-state index in [2.05, 4.69) is 22.1 Å². The zero-order chi connectivity index (χ0) is 15.8. The summed E-state index contributed by atoms with van der Waals surface area (Å²) < 4.78 is 22.0. The first-order valence-electron chi connectivity index (χ1n) is 7.72. The van der Waals surface area contributed by atoms with E-state index in [0.29, 0.717) is 18.1 Å². The molecular weight excluding hydrogens is 298 g/mol. The zero-order valence-electron chi connectivity index (χ0n) is 13.2. The highest BCUT2D eigenvalue weighted by Gasteiger charge is 2.28. The molecule has 4 rings (SSSR count). The zero-order valence-corrected chi connectivity index (χ0v) is 13.2. The summed E-state index contributed by atoms with van der Waals surface area (Å²) in [5.74, 6) is 2.72. The molecule has 0 amide bonds. The van der Waals surface area contributed by atoms with Crippen LogP contribution in [0.5, 0.6) is 11.5 Å². The van der Waals surface area contributed by atoms with E-state index in [1.54, 1.807) is 0 Å². The molecule has 7 nitrogen and oxygen atoms in total. The van der Waals surface area contributed by atoms with Crippen LogP contribution in [0, 0.1) is 0 Å². The predicted octanol–water partition coefficient (Wildman–Crippen LogP) is 1.78. The van der Waals surface area contributed by atoms with Crippen LogP contribution in [0.4, 0.5) is 0 Å². The van der Waals surface area contributed by atoms with Gasteiger partial charge in [0.05, 0.1) is 6.10 Å². The molecular formula is C16H19N3O4. The second-order valence-electron chi connectivity index (χ2n) is 6.07. The molecule has 3 heterocycles. The van der Waals surface area contributed by atoms with Gasteiger partial charge in [-0.25, -0.2) is 0 Å². The molecule has 23 heavy (non-hydrogen) atoms. The van der Waals surface area contributed by atoms with Crippen molar-refractivity contribution in [1.29, 1.82) is 0 Å². The maximum Gasteiger partial charge on any atom is 0.257 e. The lowest BCUT2D eigenvalue weighted by molar-refractivity contribution is -0.0838. The summed E-state index contributed by atoms with van der Waals surface area (Å²) in [6.45, 7) is 3.99. The Labute approximate surface area is 134 Å². The van der Waals surface area contributed by atoms with Gasteiger partial charge in [-0.1, -0.05) is 11.2 Å². The van der Waals surface area contributed by atoms with Gasteiger partial charge in [-0.3, -0.25) is 0 Å². The van der Waals surface area contributed by atoms with Gasteiger partial charge in [0.1, 0.15) is 6.10 Å². The molecule has 2 aromatic rings. The second kappa shape index (κ2) is 5.82. The van der Waals surface area contributed by atoms with Gasteiger partial charge >= 0.3 is 0 Å². The van der Waals surface area contributed by atoms with Crippen molar-refractivity contribution in [2.45, 2.75) is 25.6 Å². The Morgan fingerprint density at radius 3 is 2.96 bits per heavy atom. The molecule has 7 heteroatoms. The number of hydrogen-bond donors (Lipinski definition) is 0. The molecule has 2 aliphatic rings. The first-order chi connectivity index (χ1) is 11.2. The second-order valence-corrected chi connectivity index (χ2v) is 6.07. The van der Waals surface area contributed by atoms with Crippen molar-refractivity contribution in [2.24, 2.45) is 0 Å². The Hall–Kier alpha value is -2.12. The van der Waals surface area contributed by atoms with Gasteiger partial charge in [0.25, 0.3) is 5.89 Å². The molecule has 0 N–H and O–H groups in total. The standard InChI is InChI=1S/C16H19N3O4/c1-10-7-19(2)8-14(22-10)16-17-15(18-23-16)6-11-3-4-12-13(5-11)21-9-20-12/h3-5,10,14H,6-9H2,1-2H3/t10-,14-/m1/s1. The SMILES string of the molecule is C[C@@H]1CN(C)C[C@H](c2nc(Cc3ccc4c(c3)OCO4)no2)O1. The Balaban J connectivity index is 1.47. The number of morpholine rings is 1. The normalized spacial score (nSPS) is 24.1. The topological polar surface area (TPSA) is 69.9 Å². The molecule has 2 aliphatic heterocycles. The quantitative estimate of drug-likeness (QED) is 0.854. The summed E-state index contributed by atoms with van der Waals surface area (Å²) in [5.41, 5.74) is 1.05. The summed E-state index contributed by atoms with van der Waals surface area (Å²) in [7, 11) is 2.07. The van der Waals surface area contributed by atoms with Crippen LogP contribution in [-0.2, 0) is 11.2 Å². The molecule has 0 saturated carbocycles. The summed E-state index contributed by atoms with van der Waals surface area (Å²) >= 11 is 0. The fraction of sp³-hybridized carbons (Fsp3) is 0.500. The van der Waals surface area contributed by atoms with Crippen LogP contribution in [0.15, 0.2) is 22.7 Å². The molecule has 1 aromatic carbocycles. The van der Waals surface area contributed by atoms with Gasteiger partial charge in [0.15, 0.2) is 17.3 Å². The van der Waals surface area contributed by atoms with Crippen molar-refractivity contribution in [2.75, 3.05) is 26.9 Å². The van der Waals surface area contributed by atoms with Crippen molar-refractivity contribution in [3.63, 3.8) is 0 Å². The summed E-state index contributed by atoms with van der Waals surface area (Å²) in [4.78, 5) is 6.70. The summed E-state index contributed by atoms with van der Waals surface area (Å²) in [6, 6.07) is 5.83. The Morgan fingerprint density at radius 2 is 2.09 bits per heavy atom. The minimum absolute atomic E-state index is 0.156. The average molecular weight is 317 g/mol. The molecule has 0 aliphatic carbocycles. The van der Waals surface area contributed by atoms with Gasteiger partial charge in [-0.05, 0) is 31.7 Å². The third-order valence-electron chi connectivity index (χ3n) is 4.00. The van der Waals surface area contributed by atoms with Crippen LogP contribution < -0.4 is 9.47 Å². The predicted molar refractivity (Wildman–Crippen MR) is 80.5 cm³/mol. The van der Waals surface area contributed by atoms with E-state index in [4.69, 9.17) is 18.7 Å². The Kier molecular flexibility index (Phi) is 3.66. The lowest BCUT2D eigenvalue weighted by Crippen LogP contribution is -2.40. The van der Waals surface area contributed by atoms with Crippen LogP contribution in [0.3, 0.4) is 0 Å². The number of fused-ring (bicyclic) bond motifs is 1. The number of benzene rings is 1. The molecule has 0 bridgehead atoms. The van der Waals surface area contributed by atoms with Crippen molar-refractivity contribution in [3.8, 4) is 11.5 Å². The summed E-state index contributed by atoms with van der Waals surface area (Å²) in [5, 5.41) is 4.07. The molecule has 1 fully saturated rings. The van der Waals surface area contributed by atoms with Crippen LogP contribution in [0.1, 0.15) is 30.3 Å². The van der Waals surface area contributed by atoms with Crippen molar-refractivity contribution < 1.29 is 18.7 Å². The highest BCUT2D eigenvalue weighted by molar-refractivity contribution is 5.45. The van der Waals surface area contributed by atoms with Gasteiger partial charge in [-0.15, -0.1) is 0 Å². The van der Waals surface area contributed by atoms with Crippen LogP contribution in [0.2, 0.25) is 0 Å². The number of rotatable bonds is 3. The van der Waals surface area contributed by atoms with E-state index in [-0.39, 0.29) is 19.0 Å². The van der Waals surface area contributed by atoms with Crippen LogP contribution in [-0.4, -0.2) is 48.1 Å². The van der Waals surface area contributed by atoms with Crippen molar-refractivity contribution >= 4 is 0 Å². The van der Waals surface area contributed by atoms with E-state index in [1.165, 1.54) is 0 Å². The van der Waals surface area contributed by atoms with E-state index in [9.17, 15) is 0 Å². The number of nitrogens with zero attached hydrogens (tertiary/aromatic N) is 3. The number of aromatic nitrogens is 2. The minimum Gasteiger partial charge on any atom is -0.454 e. The highest BCUT2D eigenvalue weighted by Crippen LogP contribution is 2.33. The van der Waals surface area contributed by atoms with Crippen molar-refractivity contribution in [3.05, 3.63) is 35.5 Å². The lowest BCUT2D eigenvalue weighted by atomic mass is 10.1. The van der Waals surface area contributed by atoms with E-state index >= 15 is 0 Å². The van der Waals surface area contributed by atoms with Crippen LogP contribution in [0.25, 0.3) is 0 Å². The number of hydrogen-bond acceptors (Lipinski definition) is 7. The van der Waals surface area contributed by atoms with Crippen LogP contribution >= 0.6 is 0 Å². The minimum atomic E-state index is -0.165. The molecule has 1 saturated heterocycles. The Bertz CT molecular complexity index is 692. The highest BCUT2D eigenvalue weighted by atomic mass is 16.7. The third kappa shape index (κ3) is 3.02. The molecule has 0 radical (unpaired) electrons. The molecule has 122 valence electrons. The smallest absolute Gasteiger partial charge is 0.257 e. The monoisotopic (exact) mass is 317 g/mol. The number of ether oxygens (including phenoxy) is 3. The van der Waals surface area contributed by atoms with Gasteiger partial charge in [0, 0.05) is 19.5 Å². The molecule has 0 spiro atoms. The Morgan fingerprint density at radius 1 is 1.22 bits per heavy atom. The first-order valence-corrected chi connectivity index (χ1v) is 7.72. The van der Waals surface area contributed by atoms with E-state index in [0.717, 1.165) is 30.2 Å². The molecule has 0 unspecified atom stereocenters. The fourth-order valence-electron chi connectivity index (χ4n) is 3.00. The molecule has 2 atom stereocenters. The molecule has 1 aromatic heterocycles. The maximum atomic E-state index is 5.89. The summed E-state index contributed by atoms with van der Waals surface area (Å²) in [6.07, 6.45) is 0.572. The fourth-order valence-corrected chi connectivity index (χ4v) is 3.00. The van der Waals surface area contributed by atoms with Gasteiger partial charge in [0.2, 0.25) is 6.79 Å². The van der Waals surface area contributed by atoms with Gasteiger partial charge < -0.3 is 23.6 Å². The average Bonchev–Trinajstić information content (AvgIpc) is 3.14. The van der Waals surface area contributed by atoms with Gasteiger partial charge in [-0.2, -0.15) is 4.98 Å². The third-order valence-corrected chi connectivity index (χ3v) is 4.00. The maximum absolute atomic E-state index is 5.89. The van der Waals surface area contributed by atoms with E-state index < -0.39 is 0 Å². The van der Waals surface area contributed by atoms with Crippen molar-refractivity contribution in [1.82, 2.24) is 15.0 Å². The van der Waals surface area contributed by atoms with E-state index in [1.807, 2.05) is 25.1 Å². The first kappa shape index (κ1) is 14.5. The lowest BCUT2D eigenvalue weighted by Gasteiger charge is -2.32. The largest absolute Gasteiger partial charge is 0.454 e.